The number of imidazole rings is 1. The number of carbonyl (C=O) groups is 1. The van der Waals surface area contributed by atoms with Crippen LogP contribution in [0.25, 0.3) is 15.7 Å². The number of esters is 1. The van der Waals surface area contributed by atoms with Crippen molar-refractivity contribution in [1.29, 1.82) is 0 Å². The van der Waals surface area contributed by atoms with E-state index in [-0.39, 0.29) is 19.0 Å². The lowest BCUT2D eigenvalue weighted by Crippen LogP contribution is -2.08. The molecule has 5 nitrogen and oxygen atoms in total. The Kier molecular flexibility index (Phi) is 4.11. The number of nitrogens with zero attached hydrogens (tertiary/aromatic N) is 2. The summed E-state index contributed by atoms with van der Waals surface area (Å²) in [6, 6.07) is 11.9. The van der Waals surface area contributed by atoms with Gasteiger partial charge in [0.1, 0.15) is 12.4 Å². The molecule has 0 aliphatic carbocycles. The number of carbonyl (C=O) groups excluding carboxylic acids is 1. The van der Waals surface area contributed by atoms with Gasteiger partial charge in [-0.1, -0.05) is 18.2 Å². The molecule has 0 spiro atoms. The van der Waals surface area contributed by atoms with Gasteiger partial charge in [-0.3, -0.25) is 9.20 Å². The molecule has 4 aromatic rings. The quantitative estimate of drug-likeness (QED) is 0.512. The molecule has 0 N–H and O–H groups in total. The number of fused-ring (bicyclic) bond motifs is 2. The molecule has 0 aliphatic rings. The third-order valence-electron chi connectivity index (χ3n) is 3.98. The summed E-state index contributed by atoms with van der Waals surface area (Å²) >= 11 is 1.54. The molecule has 0 radical (unpaired) electrons. The molecule has 0 fully saturated rings. The van der Waals surface area contributed by atoms with E-state index in [0.29, 0.717) is 0 Å². The number of thiazole rings is 1. The summed E-state index contributed by atoms with van der Waals surface area (Å²) in [7, 11) is 1.65. The first-order valence-electron chi connectivity index (χ1n) is 7.85. The smallest absolute Gasteiger partial charge is 0.312 e. The van der Waals surface area contributed by atoms with Crippen LogP contribution >= 0.6 is 11.3 Å². The summed E-state index contributed by atoms with van der Waals surface area (Å²) in [4.78, 5) is 17.3. The molecule has 0 bridgehead atoms. The van der Waals surface area contributed by atoms with Gasteiger partial charge in [-0.05, 0) is 34.5 Å². The van der Waals surface area contributed by atoms with Crippen LogP contribution in [0, 0.1) is 0 Å². The third-order valence-corrected chi connectivity index (χ3v) is 4.75. The maximum absolute atomic E-state index is 12.0. The summed E-state index contributed by atoms with van der Waals surface area (Å²) in [6.07, 6.45) is 3.96. The monoisotopic (exact) mass is 352 g/mol. The van der Waals surface area contributed by atoms with Crippen molar-refractivity contribution in [3.8, 4) is 5.75 Å². The lowest BCUT2D eigenvalue weighted by molar-refractivity contribution is -0.144. The Bertz CT molecular complexity index is 1020. The van der Waals surface area contributed by atoms with Crippen molar-refractivity contribution in [1.82, 2.24) is 9.38 Å². The fourth-order valence-corrected chi connectivity index (χ4v) is 3.43. The highest BCUT2D eigenvalue weighted by molar-refractivity contribution is 7.15. The molecule has 0 saturated heterocycles. The van der Waals surface area contributed by atoms with Crippen LogP contribution in [0.4, 0.5) is 0 Å². The van der Waals surface area contributed by atoms with Crippen LogP contribution in [0.15, 0.2) is 54.2 Å². The molecule has 2 heterocycles. The van der Waals surface area contributed by atoms with Crippen molar-refractivity contribution >= 4 is 33.0 Å². The van der Waals surface area contributed by atoms with E-state index in [4.69, 9.17) is 9.47 Å². The molecule has 25 heavy (non-hydrogen) atoms. The van der Waals surface area contributed by atoms with Crippen LogP contribution in [-0.2, 0) is 22.6 Å². The second-order valence-electron chi connectivity index (χ2n) is 5.71. The molecule has 0 aliphatic heterocycles. The highest BCUT2D eigenvalue weighted by atomic mass is 32.1. The van der Waals surface area contributed by atoms with Gasteiger partial charge >= 0.3 is 5.97 Å². The zero-order valence-corrected chi connectivity index (χ0v) is 14.5. The van der Waals surface area contributed by atoms with Crippen LogP contribution in [0.5, 0.6) is 5.75 Å². The number of hydrogen-bond donors (Lipinski definition) is 0. The predicted octanol–water partition coefficient (Wildman–Crippen LogP) is 3.84. The molecule has 4 rings (SSSR count). The largest absolute Gasteiger partial charge is 0.497 e. The molecule has 6 heteroatoms. The van der Waals surface area contributed by atoms with Gasteiger partial charge in [-0.2, -0.15) is 0 Å². The topological polar surface area (TPSA) is 52.8 Å². The summed E-state index contributed by atoms with van der Waals surface area (Å²) in [5.74, 6) is 0.548. The highest BCUT2D eigenvalue weighted by Crippen LogP contribution is 2.22. The molecule has 0 saturated carbocycles. The van der Waals surface area contributed by atoms with Gasteiger partial charge in [0.15, 0.2) is 4.96 Å². The Labute approximate surface area is 148 Å². The second kappa shape index (κ2) is 6.57. The maximum atomic E-state index is 12.0. The lowest BCUT2D eigenvalue weighted by Gasteiger charge is -2.07. The van der Waals surface area contributed by atoms with E-state index in [1.165, 1.54) is 11.3 Å². The van der Waals surface area contributed by atoms with Gasteiger partial charge in [-0.15, -0.1) is 11.3 Å². The van der Waals surface area contributed by atoms with E-state index in [2.05, 4.69) is 4.98 Å². The van der Waals surface area contributed by atoms with Crippen molar-refractivity contribution < 1.29 is 14.3 Å². The second-order valence-corrected chi connectivity index (χ2v) is 6.58. The summed E-state index contributed by atoms with van der Waals surface area (Å²) in [6.45, 7) is 0.253. The molecular weight excluding hydrogens is 336 g/mol. The van der Waals surface area contributed by atoms with Gasteiger partial charge in [0.05, 0.1) is 19.2 Å². The van der Waals surface area contributed by atoms with Crippen molar-refractivity contribution in [3.63, 3.8) is 0 Å². The third kappa shape index (κ3) is 3.34. The number of benzene rings is 2. The lowest BCUT2D eigenvalue weighted by atomic mass is 10.1. The fourth-order valence-electron chi connectivity index (χ4n) is 2.71. The summed E-state index contributed by atoms with van der Waals surface area (Å²) in [5.41, 5.74) is 1.68. The summed E-state index contributed by atoms with van der Waals surface area (Å²) in [5, 5.41) is 4.14. The normalized spacial score (nSPS) is 11.1. The van der Waals surface area contributed by atoms with Crippen LogP contribution in [0.1, 0.15) is 11.3 Å². The average molecular weight is 352 g/mol. The van der Waals surface area contributed by atoms with Crippen LogP contribution in [-0.4, -0.2) is 22.5 Å². The molecule has 0 amide bonds. The molecule has 0 atom stereocenters. The van der Waals surface area contributed by atoms with E-state index in [0.717, 1.165) is 32.7 Å². The van der Waals surface area contributed by atoms with Crippen molar-refractivity contribution in [2.24, 2.45) is 0 Å². The van der Waals surface area contributed by atoms with Gasteiger partial charge in [0.2, 0.25) is 0 Å². The van der Waals surface area contributed by atoms with Crippen LogP contribution in [0.2, 0.25) is 0 Å². The Morgan fingerprint density at radius 3 is 2.88 bits per heavy atom. The Hall–Kier alpha value is -2.86. The number of methoxy groups -OCH3 is 1. The standard InChI is InChI=1S/C19H16N2O3S/c1-23-17-5-4-14-8-13(2-3-15(14)9-17)12-24-18(22)10-16-11-21-6-7-25-19(21)20-16/h2-9,11H,10,12H2,1H3. The molecule has 126 valence electrons. The predicted molar refractivity (Wildman–Crippen MR) is 97.1 cm³/mol. The van der Waals surface area contributed by atoms with E-state index >= 15 is 0 Å². The van der Waals surface area contributed by atoms with Gasteiger partial charge in [0, 0.05) is 17.8 Å². The molecule has 0 unspecified atom stereocenters. The van der Waals surface area contributed by atoms with Crippen molar-refractivity contribution in [2.45, 2.75) is 13.0 Å². The van der Waals surface area contributed by atoms with Gasteiger partial charge in [-0.25, -0.2) is 4.98 Å². The first kappa shape index (κ1) is 15.7. The Morgan fingerprint density at radius 2 is 2.04 bits per heavy atom. The fraction of sp³-hybridized carbons (Fsp3) is 0.158. The Morgan fingerprint density at radius 1 is 1.20 bits per heavy atom. The van der Waals surface area contributed by atoms with Crippen molar-refractivity contribution in [3.05, 3.63) is 65.4 Å². The first-order valence-corrected chi connectivity index (χ1v) is 8.72. The maximum Gasteiger partial charge on any atom is 0.312 e. The number of ether oxygens (including phenoxy) is 2. The zero-order valence-electron chi connectivity index (χ0n) is 13.6. The van der Waals surface area contributed by atoms with Crippen LogP contribution < -0.4 is 4.74 Å². The minimum Gasteiger partial charge on any atom is -0.497 e. The van der Waals surface area contributed by atoms with Crippen LogP contribution in [0.3, 0.4) is 0 Å². The minimum atomic E-state index is -0.277. The SMILES string of the molecule is COc1ccc2cc(COC(=O)Cc3cn4ccsc4n3)ccc2c1. The number of aromatic nitrogens is 2. The number of rotatable bonds is 5. The Balaban J connectivity index is 1.40. The first-order chi connectivity index (χ1) is 12.2. The summed E-state index contributed by atoms with van der Waals surface area (Å²) < 4.78 is 12.5. The van der Waals surface area contributed by atoms with Gasteiger partial charge < -0.3 is 9.47 Å². The van der Waals surface area contributed by atoms with E-state index in [9.17, 15) is 4.79 Å². The van der Waals surface area contributed by atoms with E-state index in [1.54, 1.807) is 7.11 Å². The molecule has 2 aromatic heterocycles. The van der Waals surface area contributed by atoms with E-state index in [1.807, 2.05) is 58.6 Å². The van der Waals surface area contributed by atoms with Gasteiger partial charge in [0.25, 0.3) is 0 Å². The average Bonchev–Trinajstić information content (AvgIpc) is 3.20. The number of hydrogen-bond acceptors (Lipinski definition) is 5. The zero-order chi connectivity index (χ0) is 17.2. The minimum absolute atomic E-state index is 0.180. The highest BCUT2D eigenvalue weighted by Gasteiger charge is 2.10. The molecular formula is C19H16N2O3S. The van der Waals surface area contributed by atoms with Crippen molar-refractivity contribution in [2.75, 3.05) is 7.11 Å². The molecule has 2 aromatic carbocycles. The van der Waals surface area contributed by atoms with E-state index < -0.39 is 0 Å².